The average molecular weight is 529 g/mol. The molecule has 1 rings (SSSR count). The Bertz CT molecular complexity index is 598. The molecular formula is C29H60N4O4. The second kappa shape index (κ2) is 25.7. The first-order chi connectivity index (χ1) is 17.3. The predicted octanol–water partition coefficient (Wildman–Crippen LogP) is 4.23. The van der Waals surface area contributed by atoms with Crippen LogP contribution in [-0.2, 0) is 14.4 Å². The first kappa shape index (κ1) is 39.6. The number of carbonyl (C=O) groups is 3. The van der Waals surface area contributed by atoms with Crippen LogP contribution in [0.15, 0.2) is 11.6 Å². The van der Waals surface area contributed by atoms with Gasteiger partial charge >= 0.3 is 0 Å². The standard InChI is InChI=1S/C14H25N3O4.C8H17N.C4H10.C3H8/c1-10(2)12(17(4)13(20)8-15-9-19)7-11(3)14(21)16-5-6-18;1-8(2)9-6-4-3-5-7-9;1-4(2)3;1-3-2/h7,9-10,12,18H,5-6,8H2,1-4H3,(H,15,19)(H,16,21);8H,3-7H2,1-2H3;4H,1-3H3;3H2,1-2H3/b11-7+;;;/t12-;;;/m1.../s1. The highest BCUT2D eigenvalue weighted by atomic mass is 16.3. The second-order valence-corrected chi connectivity index (χ2v) is 10.7. The van der Waals surface area contributed by atoms with Gasteiger partial charge in [-0.15, -0.1) is 0 Å². The molecule has 0 unspecified atom stereocenters. The summed E-state index contributed by atoms with van der Waals surface area (Å²) in [5.41, 5.74) is 0.477. The van der Waals surface area contributed by atoms with E-state index in [1.54, 1.807) is 20.0 Å². The molecule has 3 amide bonds. The van der Waals surface area contributed by atoms with Crippen LogP contribution in [0.1, 0.15) is 94.9 Å². The van der Waals surface area contributed by atoms with Gasteiger partial charge in [0.05, 0.1) is 19.2 Å². The highest BCUT2D eigenvalue weighted by molar-refractivity contribution is 5.93. The van der Waals surface area contributed by atoms with Crippen molar-refractivity contribution in [2.75, 3.05) is 39.8 Å². The number of nitrogens with one attached hydrogen (secondary N) is 2. The smallest absolute Gasteiger partial charge is 0.246 e. The Morgan fingerprint density at radius 1 is 1.00 bits per heavy atom. The Kier molecular flexibility index (Phi) is 27.5. The van der Waals surface area contributed by atoms with Gasteiger partial charge in [-0.25, -0.2) is 0 Å². The molecule has 1 heterocycles. The van der Waals surface area contributed by atoms with Crippen LogP contribution in [0, 0.1) is 11.8 Å². The third-order valence-corrected chi connectivity index (χ3v) is 5.16. The van der Waals surface area contributed by atoms with Crippen molar-refractivity contribution in [2.45, 2.75) is 107 Å². The maximum Gasteiger partial charge on any atom is 0.246 e. The van der Waals surface area contributed by atoms with Crippen molar-refractivity contribution < 1.29 is 19.5 Å². The molecule has 0 aromatic carbocycles. The van der Waals surface area contributed by atoms with E-state index < -0.39 is 0 Å². The lowest BCUT2D eigenvalue weighted by molar-refractivity contribution is -0.132. The van der Waals surface area contributed by atoms with Gasteiger partial charge in [-0.05, 0) is 58.5 Å². The quantitative estimate of drug-likeness (QED) is 0.291. The molecule has 0 radical (unpaired) electrons. The summed E-state index contributed by atoms with van der Waals surface area (Å²) in [7, 11) is 1.63. The van der Waals surface area contributed by atoms with Gasteiger partial charge in [0.15, 0.2) is 0 Å². The normalized spacial score (nSPS) is 14.3. The summed E-state index contributed by atoms with van der Waals surface area (Å²) in [4.78, 5) is 38.0. The molecule has 8 heteroatoms. The maximum absolute atomic E-state index is 11.9. The minimum Gasteiger partial charge on any atom is -0.395 e. The number of carbonyl (C=O) groups excluding carboxylic acids is 3. The predicted molar refractivity (Wildman–Crippen MR) is 156 cm³/mol. The Balaban J connectivity index is -0.000000585. The van der Waals surface area contributed by atoms with Crippen molar-refractivity contribution in [2.24, 2.45) is 11.8 Å². The van der Waals surface area contributed by atoms with Crippen LogP contribution in [0.4, 0.5) is 0 Å². The van der Waals surface area contributed by atoms with Crippen molar-refractivity contribution in [1.29, 1.82) is 0 Å². The molecule has 1 atom stereocenters. The molecule has 3 N–H and O–H groups in total. The summed E-state index contributed by atoms with van der Waals surface area (Å²) in [6.07, 6.45) is 7.72. The van der Waals surface area contributed by atoms with Gasteiger partial charge in [0, 0.05) is 25.2 Å². The van der Waals surface area contributed by atoms with E-state index in [0.29, 0.717) is 12.0 Å². The van der Waals surface area contributed by atoms with Gasteiger partial charge in [0.1, 0.15) is 0 Å². The Morgan fingerprint density at radius 3 is 1.84 bits per heavy atom. The van der Waals surface area contributed by atoms with E-state index in [2.05, 4.69) is 64.0 Å². The fraction of sp³-hybridized carbons (Fsp3) is 0.828. The molecule has 220 valence electrons. The minimum absolute atomic E-state index is 0.0766. The number of piperidine rings is 1. The lowest BCUT2D eigenvalue weighted by Crippen LogP contribution is -2.43. The summed E-state index contributed by atoms with van der Waals surface area (Å²) >= 11 is 0. The monoisotopic (exact) mass is 528 g/mol. The van der Waals surface area contributed by atoms with E-state index in [-0.39, 0.29) is 43.5 Å². The Labute approximate surface area is 228 Å². The number of nitrogens with zero attached hydrogens (tertiary/aromatic N) is 2. The van der Waals surface area contributed by atoms with Crippen LogP contribution in [0.25, 0.3) is 0 Å². The summed E-state index contributed by atoms with van der Waals surface area (Å²) < 4.78 is 0. The van der Waals surface area contributed by atoms with Crippen LogP contribution >= 0.6 is 0 Å². The number of amides is 3. The fourth-order valence-electron chi connectivity index (χ4n) is 3.25. The topological polar surface area (TPSA) is 102 Å². The zero-order valence-electron chi connectivity index (χ0n) is 25.9. The second-order valence-electron chi connectivity index (χ2n) is 10.7. The largest absolute Gasteiger partial charge is 0.395 e. The Morgan fingerprint density at radius 2 is 1.49 bits per heavy atom. The average Bonchev–Trinajstić information content (AvgIpc) is 2.84. The van der Waals surface area contributed by atoms with Crippen molar-refractivity contribution in [3.8, 4) is 0 Å². The third-order valence-electron chi connectivity index (χ3n) is 5.16. The molecule has 0 aliphatic carbocycles. The van der Waals surface area contributed by atoms with E-state index in [0.717, 1.165) is 12.0 Å². The van der Waals surface area contributed by atoms with Gasteiger partial charge in [0.25, 0.3) is 0 Å². The zero-order chi connectivity index (χ0) is 29.4. The number of rotatable bonds is 10. The van der Waals surface area contributed by atoms with E-state index >= 15 is 0 Å². The van der Waals surface area contributed by atoms with Crippen LogP contribution < -0.4 is 10.6 Å². The number of likely N-dealkylation sites (tertiary alicyclic amines) is 1. The zero-order valence-corrected chi connectivity index (χ0v) is 25.9. The molecule has 8 nitrogen and oxygen atoms in total. The van der Waals surface area contributed by atoms with E-state index in [4.69, 9.17) is 5.11 Å². The van der Waals surface area contributed by atoms with E-state index in [1.165, 1.54) is 43.7 Å². The molecule has 0 aromatic heterocycles. The summed E-state index contributed by atoms with van der Waals surface area (Å²) in [6, 6.07) is 0.510. The number of hydrogen-bond acceptors (Lipinski definition) is 5. The van der Waals surface area contributed by atoms with Gasteiger partial charge in [-0.1, -0.05) is 67.4 Å². The summed E-state index contributed by atoms with van der Waals surface area (Å²) in [5.74, 6) is 0.429. The van der Waals surface area contributed by atoms with Crippen molar-refractivity contribution in [3.63, 3.8) is 0 Å². The summed E-state index contributed by atoms with van der Waals surface area (Å²) in [5, 5.41) is 13.6. The number of aliphatic hydroxyl groups excluding tert-OH is 1. The van der Waals surface area contributed by atoms with Gasteiger partial charge in [-0.2, -0.15) is 0 Å². The van der Waals surface area contributed by atoms with Crippen molar-refractivity contribution in [3.05, 3.63) is 11.6 Å². The number of aliphatic hydroxyl groups is 1. The fourth-order valence-corrected chi connectivity index (χ4v) is 3.25. The highest BCUT2D eigenvalue weighted by Crippen LogP contribution is 2.13. The number of hydrogen-bond donors (Lipinski definition) is 3. The van der Waals surface area contributed by atoms with Crippen LogP contribution in [0.5, 0.6) is 0 Å². The lowest BCUT2D eigenvalue weighted by Gasteiger charge is -2.29. The van der Waals surface area contributed by atoms with Gasteiger partial charge in [0.2, 0.25) is 18.2 Å². The summed E-state index contributed by atoms with van der Waals surface area (Å²) in [6.45, 7) is 23.5. The molecule has 1 aliphatic heterocycles. The molecule has 0 spiro atoms. The molecule has 1 saturated heterocycles. The molecular weight excluding hydrogens is 468 g/mol. The van der Waals surface area contributed by atoms with Crippen molar-refractivity contribution in [1.82, 2.24) is 20.4 Å². The first-order valence-corrected chi connectivity index (χ1v) is 14.0. The lowest BCUT2D eigenvalue weighted by atomic mass is 10.00. The third kappa shape index (κ3) is 24.2. The van der Waals surface area contributed by atoms with Gasteiger partial charge < -0.3 is 25.5 Å². The van der Waals surface area contributed by atoms with E-state index in [9.17, 15) is 14.4 Å². The minimum atomic E-state index is -0.276. The molecule has 1 fully saturated rings. The molecule has 0 saturated carbocycles. The molecule has 0 aromatic rings. The molecule has 1 aliphatic rings. The van der Waals surface area contributed by atoms with Gasteiger partial charge in [-0.3, -0.25) is 14.4 Å². The SMILES string of the molecule is C/C(=C\[C@H](C(C)C)N(C)C(=O)CNC=O)C(=O)NCCO.CC(C)C.CC(C)N1CCCCC1.CCC. The Hall–Kier alpha value is -1.93. The van der Waals surface area contributed by atoms with Crippen LogP contribution in [-0.4, -0.2) is 85.0 Å². The van der Waals surface area contributed by atoms with Crippen molar-refractivity contribution >= 4 is 18.2 Å². The molecule has 0 bridgehead atoms. The highest BCUT2D eigenvalue weighted by Gasteiger charge is 2.22. The molecule has 37 heavy (non-hydrogen) atoms. The van der Waals surface area contributed by atoms with Crippen LogP contribution in [0.3, 0.4) is 0 Å². The van der Waals surface area contributed by atoms with E-state index in [1.807, 2.05) is 13.8 Å². The number of likely N-dealkylation sites (N-methyl/N-ethyl adjacent to an activating group) is 1. The van der Waals surface area contributed by atoms with Crippen LogP contribution in [0.2, 0.25) is 0 Å². The first-order valence-electron chi connectivity index (χ1n) is 14.0. The maximum atomic E-state index is 11.9.